The Balaban J connectivity index is 1.36. The van der Waals surface area contributed by atoms with Crippen LogP contribution >= 0.6 is 0 Å². The van der Waals surface area contributed by atoms with E-state index >= 15 is 0 Å². The zero-order valence-corrected chi connectivity index (χ0v) is 24.3. The van der Waals surface area contributed by atoms with Crippen LogP contribution < -0.4 is 10.6 Å². The highest BCUT2D eigenvalue weighted by Gasteiger charge is 2.40. The lowest BCUT2D eigenvalue weighted by Crippen LogP contribution is -2.57. The fourth-order valence-electron chi connectivity index (χ4n) is 4.73. The van der Waals surface area contributed by atoms with Crippen molar-refractivity contribution in [2.24, 2.45) is 0 Å². The van der Waals surface area contributed by atoms with Gasteiger partial charge in [-0.1, -0.05) is 59.8 Å². The second-order valence-corrected chi connectivity index (χ2v) is 11.4. The van der Waals surface area contributed by atoms with Gasteiger partial charge in [-0.25, -0.2) is 4.79 Å². The van der Waals surface area contributed by atoms with Gasteiger partial charge in [0.2, 0.25) is 17.6 Å². The first-order chi connectivity index (χ1) is 20.2. The first-order valence-electron chi connectivity index (χ1n) is 13.8. The first-order valence-corrected chi connectivity index (χ1v) is 13.8. The molecule has 1 aliphatic heterocycles. The van der Waals surface area contributed by atoms with E-state index < -0.39 is 47.7 Å². The first kappa shape index (κ1) is 31.5. The normalized spacial score (nSPS) is 18.1. The number of hydrogen-bond acceptors (Lipinski definition) is 7. The molecule has 1 aliphatic rings. The van der Waals surface area contributed by atoms with Crippen LogP contribution in [-0.4, -0.2) is 57.2 Å². The molecule has 0 saturated carbocycles. The molecule has 230 valence electrons. The molecule has 1 saturated heterocycles. The van der Waals surface area contributed by atoms with Crippen molar-refractivity contribution in [3.8, 4) is 11.4 Å². The van der Waals surface area contributed by atoms with Crippen molar-refractivity contribution in [3.63, 3.8) is 0 Å². The molecule has 0 bridgehead atoms. The predicted octanol–water partition coefficient (Wildman–Crippen LogP) is 5.06. The molecular weight excluding hydrogens is 567 g/mol. The molecule has 13 heteroatoms. The van der Waals surface area contributed by atoms with Gasteiger partial charge in [0.15, 0.2) is 0 Å². The number of benzene rings is 2. The van der Waals surface area contributed by atoms with Crippen molar-refractivity contribution in [2.45, 2.75) is 76.9 Å². The van der Waals surface area contributed by atoms with E-state index in [9.17, 15) is 27.6 Å². The van der Waals surface area contributed by atoms with Gasteiger partial charge in [0, 0.05) is 18.7 Å². The minimum absolute atomic E-state index is 0.0511. The Labute approximate surface area is 247 Å². The van der Waals surface area contributed by atoms with Gasteiger partial charge in [0.05, 0.1) is 0 Å². The number of alkyl halides is 3. The summed E-state index contributed by atoms with van der Waals surface area (Å²) in [5.41, 5.74) is 1.30. The molecule has 3 aromatic rings. The Kier molecular flexibility index (Phi) is 9.41. The van der Waals surface area contributed by atoms with E-state index in [1.807, 2.05) is 30.3 Å². The highest BCUT2D eigenvalue weighted by Crippen LogP contribution is 2.33. The molecule has 0 unspecified atom stereocenters. The van der Waals surface area contributed by atoms with Crippen LogP contribution in [0.1, 0.15) is 63.5 Å². The minimum Gasteiger partial charge on any atom is -0.444 e. The van der Waals surface area contributed by atoms with E-state index in [4.69, 9.17) is 4.74 Å². The largest absolute Gasteiger partial charge is 0.471 e. The summed E-state index contributed by atoms with van der Waals surface area (Å²) in [5, 5.41) is 8.82. The molecule has 2 N–H and O–H groups in total. The van der Waals surface area contributed by atoms with Crippen molar-refractivity contribution in [3.05, 3.63) is 71.6 Å². The van der Waals surface area contributed by atoms with Crippen LogP contribution in [0.2, 0.25) is 0 Å². The van der Waals surface area contributed by atoms with Gasteiger partial charge in [0.25, 0.3) is 0 Å². The number of nitrogens with one attached hydrogen (secondary N) is 2. The van der Waals surface area contributed by atoms with E-state index in [0.29, 0.717) is 30.5 Å². The third-order valence-electron chi connectivity index (χ3n) is 6.90. The Morgan fingerprint density at radius 1 is 1.07 bits per heavy atom. The fourth-order valence-corrected chi connectivity index (χ4v) is 4.73. The molecule has 4 rings (SSSR count). The number of aromatic nitrogens is 2. The molecule has 43 heavy (non-hydrogen) atoms. The third kappa shape index (κ3) is 8.33. The number of amides is 3. The van der Waals surface area contributed by atoms with Crippen LogP contribution in [-0.2, 0) is 27.0 Å². The monoisotopic (exact) mass is 601 g/mol. The van der Waals surface area contributed by atoms with E-state index in [-0.39, 0.29) is 18.3 Å². The second kappa shape index (κ2) is 12.8. The summed E-state index contributed by atoms with van der Waals surface area (Å²) in [7, 11) is 0. The summed E-state index contributed by atoms with van der Waals surface area (Å²) in [6, 6.07) is 14.2. The number of halogens is 3. The minimum atomic E-state index is -4.74. The van der Waals surface area contributed by atoms with Crippen LogP contribution in [0.5, 0.6) is 0 Å². The van der Waals surface area contributed by atoms with Crippen molar-refractivity contribution in [1.82, 2.24) is 25.7 Å². The number of piperidine rings is 1. The lowest BCUT2D eigenvalue weighted by Gasteiger charge is -2.39. The topological polar surface area (TPSA) is 127 Å². The van der Waals surface area contributed by atoms with Crippen molar-refractivity contribution in [2.75, 3.05) is 6.54 Å². The fraction of sp³-hybridized carbons (Fsp3) is 0.433. The zero-order valence-electron chi connectivity index (χ0n) is 24.3. The highest BCUT2D eigenvalue weighted by molar-refractivity contribution is 5.91. The molecule has 2 aromatic carbocycles. The Morgan fingerprint density at radius 2 is 1.74 bits per heavy atom. The average Bonchev–Trinajstić information content (AvgIpc) is 3.47. The molecule has 0 radical (unpaired) electrons. The maximum atomic E-state index is 13.5. The molecule has 0 aliphatic carbocycles. The smallest absolute Gasteiger partial charge is 0.444 e. The Bertz CT molecular complexity index is 1420. The predicted molar refractivity (Wildman–Crippen MR) is 149 cm³/mol. The number of ether oxygens (including phenoxy) is 1. The van der Waals surface area contributed by atoms with Crippen molar-refractivity contribution in [1.29, 1.82) is 0 Å². The summed E-state index contributed by atoms with van der Waals surface area (Å²) in [4.78, 5) is 44.1. The van der Waals surface area contributed by atoms with E-state index in [1.54, 1.807) is 39.8 Å². The molecule has 3 atom stereocenters. The van der Waals surface area contributed by atoms with Crippen LogP contribution in [0.4, 0.5) is 18.0 Å². The van der Waals surface area contributed by atoms with Crippen molar-refractivity contribution >= 4 is 17.9 Å². The third-order valence-corrected chi connectivity index (χ3v) is 6.90. The number of likely N-dealkylation sites (tertiary alicyclic amines) is 1. The van der Waals surface area contributed by atoms with Crippen LogP contribution in [0.15, 0.2) is 59.1 Å². The van der Waals surface area contributed by atoms with Gasteiger partial charge in [-0.15, -0.1) is 0 Å². The lowest BCUT2D eigenvalue weighted by molar-refractivity contribution is -0.159. The average molecular weight is 602 g/mol. The molecule has 10 nitrogen and oxygen atoms in total. The Hall–Kier alpha value is -4.42. The maximum Gasteiger partial charge on any atom is 0.471 e. The van der Waals surface area contributed by atoms with Crippen LogP contribution in [0, 0.1) is 0 Å². The number of rotatable bonds is 7. The van der Waals surface area contributed by atoms with Crippen LogP contribution in [0.3, 0.4) is 0 Å². The summed E-state index contributed by atoms with van der Waals surface area (Å²) in [6.45, 7) is 7.23. The summed E-state index contributed by atoms with van der Waals surface area (Å²) < 4.78 is 48.0. The van der Waals surface area contributed by atoms with Gasteiger partial charge < -0.3 is 19.9 Å². The quantitative estimate of drug-likeness (QED) is 0.388. The SMILES string of the molecule is C[C@H](NC(=O)[C@H]1C[C@@H](c2ccccc2)CCN1C(=O)OC(C)(C)C)C(=O)NCc1ccc(-c2noc(C(F)(F)F)n2)cc1. The van der Waals surface area contributed by atoms with E-state index in [1.165, 1.54) is 17.0 Å². The lowest BCUT2D eigenvalue weighted by atomic mass is 9.85. The summed E-state index contributed by atoms with van der Waals surface area (Å²) in [5.74, 6) is -2.51. The zero-order chi connectivity index (χ0) is 31.4. The number of nitrogens with zero attached hydrogens (tertiary/aromatic N) is 3. The van der Waals surface area contributed by atoms with E-state index in [2.05, 4.69) is 25.3 Å². The number of carbonyl (C=O) groups is 3. The van der Waals surface area contributed by atoms with Gasteiger partial charge in [0.1, 0.15) is 17.7 Å². The molecular formula is C30H34F3N5O5. The number of hydrogen-bond donors (Lipinski definition) is 2. The van der Waals surface area contributed by atoms with Crippen molar-refractivity contribution < 1.29 is 36.8 Å². The highest BCUT2D eigenvalue weighted by atomic mass is 19.4. The van der Waals surface area contributed by atoms with E-state index in [0.717, 1.165) is 5.56 Å². The summed E-state index contributed by atoms with van der Waals surface area (Å²) >= 11 is 0. The Morgan fingerprint density at radius 3 is 2.35 bits per heavy atom. The molecule has 3 amide bonds. The maximum absolute atomic E-state index is 13.5. The second-order valence-electron chi connectivity index (χ2n) is 11.4. The molecule has 0 spiro atoms. The van der Waals surface area contributed by atoms with Gasteiger partial charge >= 0.3 is 18.2 Å². The van der Waals surface area contributed by atoms with Gasteiger partial charge in [-0.05, 0) is 57.6 Å². The molecule has 2 heterocycles. The standard InChI is InChI=1S/C30H34F3N5O5/c1-18(25(39)34-17-19-10-12-21(13-11-19)24-36-27(43-37-24)30(31,32)33)35-26(40)23-16-22(20-8-6-5-7-9-20)14-15-38(23)28(41)42-29(2,3)4/h5-13,18,22-23H,14-17H2,1-4H3,(H,34,39)(H,35,40)/t18-,22-,23+/m0/s1. The molecule has 1 aromatic heterocycles. The summed E-state index contributed by atoms with van der Waals surface area (Å²) in [6.07, 6.45) is -4.29. The van der Waals surface area contributed by atoms with Crippen LogP contribution in [0.25, 0.3) is 11.4 Å². The van der Waals surface area contributed by atoms with Gasteiger partial charge in [-0.3, -0.25) is 14.5 Å². The van der Waals surface area contributed by atoms with Gasteiger partial charge in [-0.2, -0.15) is 18.2 Å². The molecule has 1 fully saturated rings. The number of carbonyl (C=O) groups excluding carboxylic acids is 3.